The summed E-state index contributed by atoms with van der Waals surface area (Å²) in [7, 11) is 0. The fourth-order valence-corrected chi connectivity index (χ4v) is 1.94. The molecule has 0 aliphatic rings. The van der Waals surface area contributed by atoms with Crippen LogP contribution in [0, 0.1) is 0 Å². The smallest absolute Gasteiger partial charge is 0.284 e. The maximum atomic E-state index is 10.4. The molecule has 14 heavy (non-hydrogen) atoms. The van der Waals surface area contributed by atoms with Crippen LogP contribution in [0.2, 0.25) is 0 Å². The SMILES string of the molecule is CC(Cc1ccccc1Br)OS(=O)O. The Hall–Kier alpha value is -0.230. The van der Waals surface area contributed by atoms with Crippen molar-refractivity contribution in [2.75, 3.05) is 0 Å². The Morgan fingerprint density at radius 2 is 2.21 bits per heavy atom. The molecule has 0 aliphatic carbocycles. The van der Waals surface area contributed by atoms with Gasteiger partial charge in [-0.25, -0.2) is 0 Å². The van der Waals surface area contributed by atoms with Gasteiger partial charge in [-0.1, -0.05) is 34.1 Å². The van der Waals surface area contributed by atoms with E-state index >= 15 is 0 Å². The van der Waals surface area contributed by atoms with Gasteiger partial charge in [-0.05, 0) is 18.6 Å². The van der Waals surface area contributed by atoms with Crippen LogP contribution < -0.4 is 0 Å². The van der Waals surface area contributed by atoms with Gasteiger partial charge in [0.1, 0.15) is 0 Å². The second-order valence-corrected chi connectivity index (χ2v) is 4.40. The molecule has 0 bridgehead atoms. The molecule has 0 spiro atoms. The zero-order valence-electron chi connectivity index (χ0n) is 7.64. The van der Waals surface area contributed by atoms with Crippen LogP contribution in [-0.2, 0) is 22.0 Å². The summed E-state index contributed by atoms with van der Waals surface area (Å²) in [5.74, 6) is 0. The van der Waals surface area contributed by atoms with E-state index in [0.29, 0.717) is 6.42 Å². The molecular weight excluding hydrogens is 268 g/mol. The lowest BCUT2D eigenvalue weighted by molar-refractivity contribution is 0.223. The van der Waals surface area contributed by atoms with Crippen molar-refractivity contribution in [3.05, 3.63) is 34.3 Å². The molecule has 5 heteroatoms. The lowest BCUT2D eigenvalue weighted by Gasteiger charge is -2.10. The van der Waals surface area contributed by atoms with Crippen LogP contribution in [0.3, 0.4) is 0 Å². The first-order chi connectivity index (χ1) is 6.59. The van der Waals surface area contributed by atoms with Crippen molar-refractivity contribution in [1.82, 2.24) is 0 Å². The van der Waals surface area contributed by atoms with Gasteiger partial charge in [0.15, 0.2) is 0 Å². The molecule has 0 aromatic heterocycles. The minimum atomic E-state index is -2.19. The molecular formula is C9H11BrO3S. The van der Waals surface area contributed by atoms with Crippen molar-refractivity contribution >= 4 is 27.3 Å². The Morgan fingerprint density at radius 3 is 2.79 bits per heavy atom. The van der Waals surface area contributed by atoms with E-state index in [9.17, 15) is 4.21 Å². The fraction of sp³-hybridized carbons (Fsp3) is 0.333. The first kappa shape index (κ1) is 11.8. The van der Waals surface area contributed by atoms with Gasteiger partial charge in [-0.3, -0.25) is 8.74 Å². The Morgan fingerprint density at radius 1 is 1.57 bits per heavy atom. The topological polar surface area (TPSA) is 46.5 Å². The van der Waals surface area contributed by atoms with Crippen LogP contribution in [0.25, 0.3) is 0 Å². The summed E-state index contributed by atoms with van der Waals surface area (Å²) in [6, 6.07) is 7.72. The minimum absolute atomic E-state index is 0.278. The summed E-state index contributed by atoms with van der Waals surface area (Å²) in [6.45, 7) is 1.76. The number of benzene rings is 1. The highest BCUT2D eigenvalue weighted by atomic mass is 79.9. The molecule has 0 heterocycles. The molecule has 78 valence electrons. The van der Waals surface area contributed by atoms with Crippen LogP contribution in [0.5, 0.6) is 0 Å². The first-order valence-corrected chi connectivity index (χ1v) is 5.93. The molecule has 0 saturated heterocycles. The molecule has 2 atom stereocenters. The summed E-state index contributed by atoms with van der Waals surface area (Å²) < 4.78 is 24.6. The van der Waals surface area contributed by atoms with Gasteiger partial charge in [0.2, 0.25) is 0 Å². The highest BCUT2D eigenvalue weighted by Gasteiger charge is 2.08. The molecule has 3 nitrogen and oxygen atoms in total. The maximum absolute atomic E-state index is 10.4. The molecule has 0 fully saturated rings. The Balaban J connectivity index is 2.60. The number of hydrogen-bond donors (Lipinski definition) is 1. The molecule has 2 unspecified atom stereocenters. The van der Waals surface area contributed by atoms with Crippen LogP contribution >= 0.6 is 15.9 Å². The van der Waals surface area contributed by atoms with Crippen LogP contribution in [-0.4, -0.2) is 14.9 Å². The third kappa shape index (κ3) is 3.88. The quantitative estimate of drug-likeness (QED) is 0.861. The summed E-state index contributed by atoms with van der Waals surface area (Å²) in [5.41, 5.74) is 1.06. The van der Waals surface area contributed by atoms with Crippen molar-refractivity contribution in [3.63, 3.8) is 0 Å². The van der Waals surface area contributed by atoms with E-state index in [0.717, 1.165) is 10.0 Å². The standard InChI is InChI=1S/C9H11BrO3S/c1-7(13-14(11)12)6-8-4-2-3-5-9(8)10/h2-5,7H,6H2,1H3,(H,11,12). The molecule has 1 N–H and O–H groups in total. The highest BCUT2D eigenvalue weighted by molar-refractivity contribution is 9.10. The molecule has 1 rings (SSSR count). The van der Waals surface area contributed by atoms with E-state index < -0.39 is 11.4 Å². The van der Waals surface area contributed by atoms with Gasteiger partial charge in [0.25, 0.3) is 0 Å². The monoisotopic (exact) mass is 278 g/mol. The van der Waals surface area contributed by atoms with Crippen LogP contribution in [0.15, 0.2) is 28.7 Å². The van der Waals surface area contributed by atoms with Gasteiger partial charge in [0.05, 0.1) is 6.10 Å². The van der Waals surface area contributed by atoms with Crippen molar-refractivity contribution < 1.29 is 12.9 Å². The number of hydrogen-bond acceptors (Lipinski definition) is 2. The molecule has 0 aliphatic heterocycles. The molecule has 1 aromatic rings. The van der Waals surface area contributed by atoms with Crippen molar-refractivity contribution in [1.29, 1.82) is 0 Å². The van der Waals surface area contributed by atoms with Gasteiger partial charge >= 0.3 is 11.4 Å². The Bertz CT molecular complexity index is 330. The van der Waals surface area contributed by atoms with E-state index in [4.69, 9.17) is 8.74 Å². The summed E-state index contributed by atoms with van der Waals surface area (Å²) in [5, 5.41) is 0. The maximum Gasteiger partial charge on any atom is 0.302 e. The largest absolute Gasteiger partial charge is 0.302 e. The zero-order valence-corrected chi connectivity index (χ0v) is 10.0. The molecule has 1 aromatic carbocycles. The van der Waals surface area contributed by atoms with Gasteiger partial charge < -0.3 is 0 Å². The average molecular weight is 279 g/mol. The van der Waals surface area contributed by atoms with Gasteiger partial charge in [-0.15, -0.1) is 0 Å². The van der Waals surface area contributed by atoms with Gasteiger partial charge in [0, 0.05) is 10.9 Å². The second-order valence-electron chi connectivity index (χ2n) is 2.92. The average Bonchev–Trinajstić information content (AvgIpc) is 2.07. The summed E-state index contributed by atoms with van der Waals surface area (Å²) >= 11 is 1.21. The zero-order chi connectivity index (χ0) is 10.6. The van der Waals surface area contributed by atoms with E-state index in [1.807, 2.05) is 24.3 Å². The lowest BCUT2D eigenvalue weighted by Crippen LogP contribution is -2.13. The van der Waals surface area contributed by atoms with E-state index in [-0.39, 0.29) is 6.10 Å². The number of rotatable bonds is 4. The minimum Gasteiger partial charge on any atom is -0.284 e. The van der Waals surface area contributed by atoms with E-state index in [1.54, 1.807) is 6.92 Å². The molecule has 0 saturated carbocycles. The first-order valence-electron chi connectivity index (χ1n) is 4.11. The third-order valence-electron chi connectivity index (χ3n) is 1.71. The second kappa shape index (κ2) is 5.60. The van der Waals surface area contributed by atoms with E-state index in [1.165, 1.54) is 0 Å². The Kier molecular flexibility index (Phi) is 4.74. The van der Waals surface area contributed by atoms with Crippen molar-refractivity contribution in [2.24, 2.45) is 0 Å². The Labute approximate surface area is 94.1 Å². The highest BCUT2D eigenvalue weighted by Crippen LogP contribution is 2.18. The van der Waals surface area contributed by atoms with Crippen molar-refractivity contribution in [2.45, 2.75) is 19.4 Å². The van der Waals surface area contributed by atoms with Crippen LogP contribution in [0.4, 0.5) is 0 Å². The predicted molar refractivity (Wildman–Crippen MR) is 59.2 cm³/mol. The predicted octanol–water partition coefficient (Wildman–Crippen LogP) is 2.53. The fourth-order valence-electron chi connectivity index (χ4n) is 1.15. The molecule has 0 radical (unpaired) electrons. The normalized spacial score (nSPS) is 15.1. The summed E-state index contributed by atoms with van der Waals surface area (Å²) in [4.78, 5) is 0. The number of halogens is 1. The van der Waals surface area contributed by atoms with Gasteiger partial charge in [-0.2, -0.15) is 4.21 Å². The summed E-state index contributed by atoms with van der Waals surface area (Å²) in [6.07, 6.45) is 0.327. The lowest BCUT2D eigenvalue weighted by atomic mass is 10.1. The third-order valence-corrected chi connectivity index (χ3v) is 2.98. The molecule has 0 amide bonds. The van der Waals surface area contributed by atoms with Crippen LogP contribution in [0.1, 0.15) is 12.5 Å². The van der Waals surface area contributed by atoms with Crippen molar-refractivity contribution in [3.8, 4) is 0 Å². The van der Waals surface area contributed by atoms with E-state index in [2.05, 4.69) is 15.9 Å².